The van der Waals surface area contributed by atoms with Gasteiger partial charge in [0.2, 0.25) is 10.0 Å². The number of carbonyl (C=O) groups excluding carboxylic acids is 1. The number of carbonyl (C=O) groups is 1. The number of H-pyrrole nitrogens is 1. The molecule has 1 aromatic carbocycles. The fourth-order valence-electron chi connectivity index (χ4n) is 3.50. The van der Waals surface area contributed by atoms with Gasteiger partial charge in [-0.1, -0.05) is 12.8 Å². The van der Waals surface area contributed by atoms with Crippen LogP contribution in [0.1, 0.15) is 41.6 Å². The summed E-state index contributed by atoms with van der Waals surface area (Å²) in [7, 11) is -3.56. The Balaban J connectivity index is 1.67. The molecule has 0 saturated heterocycles. The van der Waals surface area contributed by atoms with Gasteiger partial charge in [-0.2, -0.15) is 0 Å². The van der Waals surface area contributed by atoms with Gasteiger partial charge < -0.3 is 4.98 Å². The van der Waals surface area contributed by atoms with E-state index < -0.39 is 26.9 Å². The van der Waals surface area contributed by atoms with Crippen molar-refractivity contribution in [3.05, 3.63) is 59.7 Å². The Kier molecular flexibility index (Phi) is 4.43. The molecule has 0 unspecified atom stereocenters. The number of rotatable bonds is 5. The number of fused-ring (bicyclic) bond motifs is 1. The quantitative estimate of drug-likeness (QED) is 0.654. The molecule has 0 amide bonds. The minimum Gasteiger partial charge on any atom is -0.345 e. The van der Waals surface area contributed by atoms with Crippen LogP contribution in [0.15, 0.2) is 42.7 Å². The second kappa shape index (κ2) is 6.77. The third-order valence-corrected chi connectivity index (χ3v) is 6.78. The zero-order valence-corrected chi connectivity index (χ0v) is 15.2. The summed E-state index contributed by atoms with van der Waals surface area (Å²) in [5, 5.41) is 0.139. The van der Waals surface area contributed by atoms with Crippen LogP contribution in [0.5, 0.6) is 0 Å². The lowest BCUT2D eigenvalue weighted by atomic mass is 10.0. The van der Waals surface area contributed by atoms with Crippen LogP contribution in [0.25, 0.3) is 11.0 Å². The first-order chi connectivity index (χ1) is 13.0. The number of aromatic amines is 1. The largest absolute Gasteiger partial charge is 0.345 e. The van der Waals surface area contributed by atoms with Gasteiger partial charge in [0.15, 0.2) is 5.78 Å². The second-order valence-electron chi connectivity index (χ2n) is 6.68. The number of hydrogen-bond donors (Lipinski definition) is 2. The van der Waals surface area contributed by atoms with Crippen molar-refractivity contribution in [1.29, 1.82) is 0 Å². The summed E-state index contributed by atoms with van der Waals surface area (Å²) >= 11 is 0. The van der Waals surface area contributed by atoms with E-state index in [0.29, 0.717) is 23.9 Å². The van der Waals surface area contributed by atoms with Gasteiger partial charge in [0.05, 0.1) is 10.8 Å². The van der Waals surface area contributed by atoms with Gasteiger partial charge in [0, 0.05) is 29.0 Å². The molecule has 0 atom stereocenters. The first-order valence-electron chi connectivity index (χ1n) is 8.74. The highest BCUT2D eigenvalue weighted by molar-refractivity contribution is 7.93. The van der Waals surface area contributed by atoms with E-state index >= 15 is 0 Å². The predicted octanol–water partition coefficient (Wildman–Crippen LogP) is 3.62. The molecule has 8 heteroatoms. The first kappa shape index (κ1) is 17.7. The molecule has 1 aliphatic rings. The van der Waals surface area contributed by atoms with Gasteiger partial charge in [0.1, 0.15) is 11.5 Å². The van der Waals surface area contributed by atoms with E-state index in [4.69, 9.17) is 0 Å². The van der Waals surface area contributed by atoms with Crippen LogP contribution >= 0.6 is 0 Å². The molecule has 140 valence electrons. The van der Waals surface area contributed by atoms with Crippen LogP contribution in [0.3, 0.4) is 0 Å². The summed E-state index contributed by atoms with van der Waals surface area (Å²) in [6.07, 6.45) is 6.07. The maximum absolute atomic E-state index is 14.3. The predicted molar refractivity (Wildman–Crippen MR) is 101 cm³/mol. The summed E-state index contributed by atoms with van der Waals surface area (Å²) in [6, 6.07) is 7.09. The van der Waals surface area contributed by atoms with E-state index in [1.54, 1.807) is 18.3 Å². The minimum atomic E-state index is -3.56. The number of anilines is 1. The third kappa shape index (κ3) is 3.32. The van der Waals surface area contributed by atoms with E-state index in [9.17, 15) is 17.6 Å². The topological polar surface area (TPSA) is 91.9 Å². The number of nitrogens with zero attached hydrogens (tertiary/aromatic N) is 1. The van der Waals surface area contributed by atoms with Crippen LogP contribution < -0.4 is 4.72 Å². The number of halogens is 1. The number of nitrogens with one attached hydrogen (secondary N) is 2. The Hall–Kier alpha value is -2.74. The smallest absolute Gasteiger partial charge is 0.235 e. The SMILES string of the molecule is O=C(c1cc(NS(=O)(=O)C2CCCC2)ccc1F)c1c[nH]c2ncccc12. The molecule has 1 saturated carbocycles. The maximum Gasteiger partial charge on any atom is 0.235 e. The zero-order valence-electron chi connectivity index (χ0n) is 14.4. The zero-order chi connectivity index (χ0) is 19.0. The number of aromatic nitrogens is 2. The molecule has 2 N–H and O–H groups in total. The highest BCUT2D eigenvalue weighted by Crippen LogP contribution is 2.28. The van der Waals surface area contributed by atoms with Crippen molar-refractivity contribution < 1.29 is 17.6 Å². The van der Waals surface area contributed by atoms with Crippen molar-refractivity contribution in [2.24, 2.45) is 0 Å². The molecule has 2 aromatic heterocycles. The van der Waals surface area contributed by atoms with Crippen molar-refractivity contribution in [2.75, 3.05) is 4.72 Å². The number of hydrogen-bond acceptors (Lipinski definition) is 4. The molecule has 0 radical (unpaired) electrons. The Labute approximate surface area is 155 Å². The second-order valence-corrected chi connectivity index (χ2v) is 8.64. The van der Waals surface area contributed by atoms with Crippen molar-refractivity contribution in [3.8, 4) is 0 Å². The molecule has 0 aliphatic heterocycles. The van der Waals surface area contributed by atoms with Gasteiger partial charge in [-0.15, -0.1) is 0 Å². The van der Waals surface area contributed by atoms with Gasteiger partial charge in [-0.05, 0) is 43.2 Å². The highest BCUT2D eigenvalue weighted by Gasteiger charge is 2.29. The average Bonchev–Trinajstić information content (AvgIpc) is 3.33. The Morgan fingerprint density at radius 3 is 2.74 bits per heavy atom. The Morgan fingerprint density at radius 2 is 1.96 bits per heavy atom. The van der Waals surface area contributed by atoms with Crippen molar-refractivity contribution in [3.63, 3.8) is 0 Å². The number of benzene rings is 1. The van der Waals surface area contributed by atoms with E-state index in [0.717, 1.165) is 18.9 Å². The molecule has 0 bridgehead atoms. The van der Waals surface area contributed by atoms with Crippen LogP contribution in [-0.4, -0.2) is 29.4 Å². The summed E-state index contributed by atoms with van der Waals surface area (Å²) in [6.45, 7) is 0. The van der Waals surface area contributed by atoms with Gasteiger partial charge in [-0.3, -0.25) is 9.52 Å². The molecule has 0 spiro atoms. The van der Waals surface area contributed by atoms with Crippen LogP contribution in [0.4, 0.5) is 10.1 Å². The molecule has 27 heavy (non-hydrogen) atoms. The highest BCUT2D eigenvalue weighted by atomic mass is 32.2. The van der Waals surface area contributed by atoms with Crippen LogP contribution in [0.2, 0.25) is 0 Å². The Bertz CT molecular complexity index is 1120. The minimum absolute atomic E-state index is 0.185. The monoisotopic (exact) mass is 387 g/mol. The third-order valence-electron chi connectivity index (χ3n) is 4.91. The lowest BCUT2D eigenvalue weighted by Crippen LogP contribution is -2.25. The number of sulfonamides is 1. The maximum atomic E-state index is 14.3. The molecule has 1 aliphatic carbocycles. The van der Waals surface area contributed by atoms with Crippen molar-refractivity contribution in [1.82, 2.24) is 9.97 Å². The standard InChI is InChI=1S/C19H18FN3O3S/c20-17-8-7-12(23-27(25,26)13-4-1-2-5-13)10-15(17)18(24)16-11-22-19-14(16)6-3-9-21-19/h3,6-11,13,23H,1-2,4-5H2,(H,21,22). The summed E-state index contributed by atoms with van der Waals surface area (Å²) in [5.74, 6) is -1.24. The van der Waals surface area contributed by atoms with E-state index in [-0.39, 0.29) is 16.8 Å². The van der Waals surface area contributed by atoms with Crippen LogP contribution in [0, 0.1) is 5.82 Å². The molecule has 1 fully saturated rings. The van der Waals surface area contributed by atoms with Crippen LogP contribution in [-0.2, 0) is 10.0 Å². The molecular formula is C19H18FN3O3S. The molecule has 3 aromatic rings. The molecular weight excluding hydrogens is 369 g/mol. The van der Waals surface area contributed by atoms with Crippen molar-refractivity contribution >= 4 is 32.5 Å². The fraction of sp³-hybridized carbons (Fsp3) is 0.263. The summed E-state index contributed by atoms with van der Waals surface area (Å²) in [4.78, 5) is 19.9. The van der Waals surface area contributed by atoms with E-state index in [2.05, 4.69) is 14.7 Å². The van der Waals surface area contributed by atoms with Gasteiger partial charge in [-0.25, -0.2) is 17.8 Å². The van der Waals surface area contributed by atoms with Gasteiger partial charge in [0.25, 0.3) is 0 Å². The number of ketones is 1. The van der Waals surface area contributed by atoms with Crippen molar-refractivity contribution in [2.45, 2.75) is 30.9 Å². The molecule has 4 rings (SSSR count). The fourth-order valence-corrected chi connectivity index (χ4v) is 5.07. The first-order valence-corrected chi connectivity index (χ1v) is 10.3. The summed E-state index contributed by atoms with van der Waals surface area (Å²) in [5.41, 5.74) is 0.808. The van der Waals surface area contributed by atoms with E-state index in [1.165, 1.54) is 18.3 Å². The molecule has 6 nitrogen and oxygen atoms in total. The lowest BCUT2D eigenvalue weighted by Gasteiger charge is -2.14. The summed E-state index contributed by atoms with van der Waals surface area (Å²) < 4.78 is 41.8. The molecule has 2 heterocycles. The Morgan fingerprint density at radius 1 is 1.19 bits per heavy atom. The normalized spacial score (nSPS) is 15.3. The lowest BCUT2D eigenvalue weighted by molar-refractivity contribution is 0.103. The average molecular weight is 387 g/mol. The van der Waals surface area contributed by atoms with Gasteiger partial charge >= 0.3 is 0 Å². The van der Waals surface area contributed by atoms with E-state index in [1.807, 2.05) is 0 Å². The number of pyridine rings is 1.